The van der Waals surface area contributed by atoms with E-state index in [1.165, 1.54) is 0 Å². The molecule has 0 aliphatic carbocycles. The van der Waals surface area contributed by atoms with E-state index in [9.17, 15) is 9.90 Å². The molecule has 2 unspecified atom stereocenters. The summed E-state index contributed by atoms with van der Waals surface area (Å²) in [5.41, 5.74) is 7.44. The molecule has 2 aliphatic heterocycles. The van der Waals surface area contributed by atoms with Crippen LogP contribution in [0, 0.1) is 0 Å². The van der Waals surface area contributed by atoms with Gasteiger partial charge in [0.15, 0.2) is 0 Å². The fourth-order valence-electron chi connectivity index (χ4n) is 3.66. The minimum atomic E-state index is -0.236. The maximum absolute atomic E-state index is 12.7. The first-order valence-electron chi connectivity index (χ1n) is 7.48. The van der Waals surface area contributed by atoms with E-state index in [1.807, 2.05) is 29.2 Å². The van der Waals surface area contributed by atoms with Crippen LogP contribution >= 0.6 is 0 Å². The van der Waals surface area contributed by atoms with Crippen LogP contribution in [0.1, 0.15) is 41.6 Å². The van der Waals surface area contributed by atoms with Gasteiger partial charge in [0.2, 0.25) is 0 Å². The highest BCUT2D eigenvalue weighted by atomic mass is 16.3. The molecule has 1 amide bonds. The third kappa shape index (κ3) is 2.45. The monoisotopic (exact) mass is 274 g/mol. The molecule has 1 aromatic carbocycles. The minimum absolute atomic E-state index is 0.114. The molecule has 20 heavy (non-hydrogen) atoms. The summed E-state index contributed by atoms with van der Waals surface area (Å²) in [6.45, 7) is 0.596. The van der Waals surface area contributed by atoms with Gasteiger partial charge < -0.3 is 15.7 Å². The standard InChI is InChI=1S/C16H22N2O2/c17-7-6-11-2-1-3-12(8-11)16(20)18-13-4-5-14(18)10-15(19)9-13/h1-3,8,13-15,19H,4-7,9-10,17H2. The topological polar surface area (TPSA) is 66.6 Å². The molecule has 2 saturated heterocycles. The van der Waals surface area contributed by atoms with Crippen molar-refractivity contribution in [2.75, 3.05) is 6.54 Å². The smallest absolute Gasteiger partial charge is 0.254 e. The number of aliphatic hydroxyl groups excluding tert-OH is 1. The van der Waals surface area contributed by atoms with Crippen molar-refractivity contribution in [1.29, 1.82) is 0 Å². The normalized spacial score (nSPS) is 28.7. The molecule has 4 heteroatoms. The van der Waals surface area contributed by atoms with Crippen LogP contribution in [0.4, 0.5) is 0 Å². The molecule has 2 bridgehead atoms. The van der Waals surface area contributed by atoms with Crippen molar-refractivity contribution >= 4 is 5.91 Å². The van der Waals surface area contributed by atoms with Crippen LogP contribution in [0.5, 0.6) is 0 Å². The Labute approximate surface area is 119 Å². The van der Waals surface area contributed by atoms with Crippen LogP contribution in [-0.2, 0) is 6.42 Å². The van der Waals surface area contributed by atoms with Crippen LogP contribution < -0.4 is 5.73 Å². The van der Waals surface area contributed by atoms with Gasteiger partial charge in [-0.05, 0) is 56.3 Å². The molecule has 3 N–H and O–H groups in total. The number of hydrogen-bond donors (Lipinski definition) is 2. The number of aliphatic hydroxyl groups is 1. The summed E-state index contributed by atoms with van der Waals surface area (Å²) in [5.74, 6) is 0.114. The molecule has 3 rings (SSSR count). The third-order valence-electron chi connectivity index (χ3n) is 4.55. The summed E-state index contributed by atoms with van der Waals surface area (Å²) in [7, 11) is 0. The van der Waals surface area contributed by atoms with Gasteiger partial charge in [-0.15, -0.1) is 0 Å². The van der Waals surface area contributed by atoms with Crippen molar-refractivity contribution in [3.63, 3.8) is 0 Å². The van der Waals surface area contributed by atoms with Gasteiger partial charge in [-0.2, -0.15) is 0 Å². The third-order valence-corrected chi connectivity index (χ3v) is 4.55. The molecule has 2 aliphatic rings. The molecular formula is C16H22N2O2. The van der Waals surface area contributed by atoms with Crippen molar-refractivity contribution < 1.29 is 9.90 Å². The van der Waals surface area contributed by atoms with Crippen molar-refractivity contribution in [2.24, 2.45) is 5.73 Å². The summed E-state index contributed by atoms with van der Waals surface area (Å²) in [6.07, 6.45) is 4.06. The molecular weight excluding hydrogens is 252 g/mol. The fraction of sp³-hybridized carbons (Fsp3) is 0.562. The van der Waals surface area contributed by atoms with Gasteiger partial charge in [0.05, 0.1) is 6.10 Å². The van der Waals surface area contributed by atoms with Crippen molar-refractivity contribution in [2.45, 2.75) is 50.3 Å². The summed E-state index contributed by atoms with van der Waals surface area (Å²) in [6, 6.07) is 8.22. The van der Waals surface area contributed by atoms with E-state index in [2.05, 4.69) is 0 Å². The lowest BCUT2D eigenvalue weighted by Crippen LogP contribution is -2.48. The summed E-state index contributed by atoms with van der Waals surface area (Å²) >= 11 is 0. The second-order valence-electron chi connectivity index (χ2n) is 5.96. The molecule has 0 spiro atoms. The van der Waals surface area contributed by atoms with E-state index >= 15 is 0 Å². The summed E-state index contributed by atoms with van der Waals surface area (Å²) in [5, 5.41) is 9.82. The number of fused-ring (bicyclic) bond motifs is 2. The largest absolute Gasteiger partial charge is 0.393 e. The van der Waals surface area contributed by atoms with E-state index in [0.717, 1.165) is 43.2 Å². The molecule has 2 atom stereocenters. The van der Waals surface area contributed by atoms with Gasteiger partial charge in [-0.3, -0.25) is 4.79 Å². The predicted molar refractivity (Wildman–Crippen MR) is 77.4 cm³/mol. The Kier molecular flexibility index (Phi) is 3.76. The van der Waals surface area contributed by atoms with Crippen molar-refractivity contribution in [1.82, 2.24) is 4.90 Å². The SMILES string of the molecule is NCCc1cccc(C(=O)N2C3CCC2CC(O)C3)c1. The maximum Gasteiger partial charge on any atom is 0.254 e. The second-order valence-corrected chi connectivity index (χ2v) is 5.96. The number of carbonyl (C=O) groups is 1. The molecule has 2 fully saturated rings. The number of rotatable bonds is 3. The quantitative estimate of drug-likeness (QED) is 0.873. The number of nitrogens with two attached hydrogens (primary N) is 1. The zero-order chi connectivity index (χ0) is 14.1. The lowest BCUT2D eigenvalue weighted by molar-refractivity contribution is 0.0287. The highest BCUT2D eigenvalue weighted by molar-refractivity contribution is 5.95. The average Bonchev–Trinajstić information content (AvgIpc) is 2.71. The highest BCUT2D eigenvalue weighted by Gasteiger charge is 2.42. The summed E-state index contributed by atoms with van der Waals surface area (Å²) < 4.78 is 0. The number of amides is 1. The fourth-order valence-corrected chi connectivity index (χ4v) is 3.66. The first-order chi connectivity index (χ1) is 9.69. The van der Waals surface area contributed by atoms with E-state index < -0.39 is 0 Å². The Bertz CT molecular complexity index is 489. The number of carbonyl (C=O) groups excluding carboxylic acids is 1. The Morgan fingerprint density at radius 2 is 2.00 bits per heavy atom. The zero-order valence-corrected chi connectivity index (χ0v) is 11.7. The predicted octanol–water partition coefficient (Wildman–Crippen LogP) is 1.32. The van der Waals surface area contributed by atoms with Gasteiger partial charge >= 0.3 is 0 Å². The first kappa shape index (κ1) is 13.6. The Morgan fingerprint density at radius 1 is 1.30 bits per heavy atom. The lowest BCUT2D eigenvalue weighted by atomic mass is 9.98. The van der Waals surface area contributed by atoms with E-state index in [-0.39, 0.29) is 24.1 Å². The van der Waals surface area contributed by atoms with E-state index in [4.69, 9.17) is 5.73 Å². The molecule has 0 radical (unpaired) electrons. The number of nitrogens with zero attached hydrogens (tertiary/aromatic N) is 1. The maximum atomic E-state index is 12.7. The second kappa shape index (κ2) is 5.54. The van der Waals surface area contributed by atoms with Gasteiger partial charge in [-0.25, -0.2) is 0 Å². The van der Waals surface area contributed by atoms with Crippen LogP contribution in [-0.4, -0.2) is 40.6 Å². The average molecular weight is 274 g/mol. The molecule has 2 heterocycles. The first-order valence-corrected chi connectivity index (χ1v) is 7.48. The van der Waals surface area contributed by atoms with Crippen LogP contribution in [0.15, 0.2) is 24.3 Å². The zero-order valence-electron chi connectivity index (χ0n) is 11.7. The van der Waals surface area contributed by atoms with Crippen LogP contribution in [0.2, 0.25) is 0 Å². The number of hydrogen-bond acceptors (Lipinski definition) is 3. The number of piperidine rings is 1. The van der Waals surface area contributed by atoms with Gasteiger partial charge in [0.25, 0.3) is 5.91 Å². The van der Waals surface area contributed by atoms with Crippen LogP contribution in [0.3, 0.4) is 0 Å². The van der Waals surface area contributed by atoms with Crippen molar-refractivity contribution in [3.8, 4) is 0 Å². The van der Waals surface area contributed by atoms with E-state index in [1.54, 1.807) is 0 Å². The molecule has 0 aromatic heterocycles. The Morgan fingerprint density at radius 3 is 2.65 bits per heavy atom. The molecule has 1 aromatic rings. The minimum Gasteiger partial charge on any atom is -0.393 e. The van der Waals surface area contributed by atoms with Crippen LogP contribution in [0.25, 0.3) is 0 Å². The molecule has 4 nitrogen and oxygen atoms in total. The molecule has 108 valence electrons. The summed E-state index contributed by atoms with van der Waals surface area (Å²) in [4.78, 5) is 14.7. The highest BCUT2D eigenvalue weighted by Crippen LogP contribution is 2.36. The van der Waals surface area contributed by atoms with Crippen molar-refractivity contribution in [3.05, 3.63) is 35.4 Å². The Hall–Kier alpha value is -1.39. The van der Waals surface area contributed by atoms with Gasteiger partial charge in [-0.1, -0.05) is 12.1 Å². The van der Waals surface area contributed by atoms with Gasteiger partial charge in [0.1, 0.15) is 0 Å². The Balaban J connectivity index is 1.81. The van der Waals surface area contributed by atoms with E-state index in [0.29, 0.717) is 6.54 Å². The number of benzene rings is 1. The lowest BCUT2D eigenvalue weighted by Gasteiger charge is -2.37. The van der Waals surface area contributed by atoms with Gasteiger partial charge in [0, 0.05) is 17.6 Å². The molecule has 0 saturated carbocycles.